The second kappa shape index (κ2) is 8.33. The summed E-state index contributed by atoms with van der Waals surface area (Å²) in [5, 5.41) is 7.21. The average Bonchev–Trinajstić information content (AvgIpc) is 3.40. The number of thiazole rings is 1. The fourth-order valence-corrected chi connectivity index (χ4v) is 6.08. The maximum atomic E-state index is 12.9. The molecule has 1 aromatic carbocycles. The molecule has 1 N–H and O–H groups in total. The van der Waals surface area contributed by atoms with Crippen molar-refractivity contribution < 1.29 is 13.2 Å². The molecule has 10 heteroatoms. The summed E-state index contributed by atoms with van der Waals surface area (Å²) in [7, 11) is -1.62. The minimum absolute atomic E-state index is 0.178. The van der Waals surface area contributed by atoms with Crippen molar-refractivity contribution in [1.29, 1.82) is 0 Å². The Labute approximate surface area is 177 Å². The molecule has 1 fully saturated rings. The zero-order valence-corrected chi connectivity index (χ0v) is 18.2. The summed E-state index contributed by atoms with van der Waals surface area (Å²) in [6, 6.07) is 10.3. The predicted molar refractivity (Wildman–Crippen MR) is 116 cm³/mol. The number of sulfonamides is 1. The molecule has 3 aromatic rings. The minimum Gasteiger partial charge on any atom is -0.321 e. The number of hydrogen-bond acceptors (Lipinski definition) is 7. The molecular formula is C19H20N4O3S3. The number of thiophene rings is 1. The molecule has 3 heterocycles. The van der Waals surface area contributed by atoms with Gasteiger partial charge in [-0.05, 0) is 36.7 Å². The third-order valence-corrected chi connectivity index (χ3v) is 8.44. The zero-order chi connectivity index (χ0) is 20.4. The molecule has 0 saturated carbocycles. The van der Waals surface area contributed by atoms with E-state index in [1.54, 1.807) is 34.9 Å². The smallest absolute Gasteiger partial charge is 0.275 e. The van der Waals surface area contributed by atoms with E-state index in [2.05, 4.69) is 15.2 Å². The van der Waals surface area contributed by atoms with E-state index in [0.717, 1.165) is 9.88 Å². The van der Waals surface area contributed by atoms with E-state index in [1.807, 2.05) is 24.6 Å². The van der Waals surface area contributed by atoms with Crippen LogP contribution in [0.2, 0.25) is 0 Å². The SMILES string of the molecule is CN1CCN(S(=O)(=O)c2cccc(NC(=O)c3csc(-c4cccs4)n3)c2)CC1. The topological polar surface area (TPSA) is 82.6 Å². The molecule has 1 aliphatic rings. The number of nitrogens with one attached hydrogen (secondary N) is 1. The highest BCUT2D eigenvalue weighted by Crippen LogP contribution is 2.28. The van der Waals surface area contributed by atoms with E-state index in [0.29, 0.717) is 37.6 Å². The molecule has 1 amide bonds. The van der Waals surface area contributed by atoms with Crippen molar-refractivity contribution in [1.82, 2.24) is 14.2 Å². The van der Waals surface area contributed by atoms with Gasteiger partial charge in [-0.1, -0.05) is 12.1 Å². The van der Waals surface area contributed by atoms with E-state index in [4.69, 9.17) is 0 Å². The van der Waals surface area contributed by atoms with Crippen LogP contribution in [0.25, 0.3) is 9.88 Å². The first-order valence-corrected chi connectivity index (χ1v) is 12.2. The molecule has 1 aliphatic heterocycles. The van der Waals surface area contributed by atoms with Crippen LogP contribution in [0.15, 0.2) is 52.1 Å². The van der Waals surface area contributed by atoms with Crippen molar-refractivity contribution in [3.63, 3.8) is 0 Å². The molecule has 0 unspecified atom stereocenters. The molecule has 0 aliphatic carbocycles. The van der Waals surface area contributed by atoms with E-state index in [9.17, 15) is 13.2 Å². The standard InChI is InChI=1S/C19H20N4O3S3/c1-22-7-9-23(10-8-22)29(25,26)15-5-2-4-14(12-15)20-18(24)16-13-28-19(21-16)17-6-3-11-27-17/h2-6,11-13H,7-10H2,1H3,(H,20,24). The van der Waals surface area contributed by atoms with Crippen LogP contribution in [0.5, 0.6) is 0 Å². The van der Waals surface area contributed by atoms with Gasteiger partial charge in [-0.15, -0.1) is 22.7 Å². The first-order chi connectivity index (χ1) is 13.9. The highest BCUT2D eigenvalue weighted by molar-refractivity contribution is 7.89. The fraction of sp³-hybridized carbons (Fsp3) is 0.263. The van der Waals surface area contributed by atoms with Crippen LogP contribution in [0.4, 0.5) is 5.69 Å². The Morgan fingerprint density at radius 1 is 1.10 bits per heavy atom. The summed E-state index contributed by atoms with van der Waals surface area (Å²) in [6.45, 7) is 2.32. The van der Waals surface area contributed by atoms with Crippen LogP contribution in [-0.2, 0) is 10.0 Å². The molecular weight excluding hydrogens is 428 g/mol. The van der Waals surface area contributed by atoms with Gasteiger partial charge in [0.15, 0.2) is 0 Å². The van der Waals surface area contributed by atoms with Gasteiger partial charge in [0.25, 0.3) is 5.91 Å². The second-order valence-corrected chi connectivity index (χ2v) is 10.4. The number of anilines is 1. The summed E-state index contributed by atoms with van der Waals surface area (Å²) in [6.07, 6.45) is 0. The maximum Gasteiger partial charge on any atom is 0.275 e. The Morgan fingerprint density at radius 2 is 1.90 bits per heavy atom. The number of amides is 1. The van der Waals surface area contributed by atoms with Crippen LogP contribution in [0, 0.1) is 0 Å². The number of piperazine rings is 1. The van der Waals surface area contributed by atoms with Gasteiger partial charge in [-0.2, -0.15) is 4.31 Å². The lowest BCUT2D eigenvalue weighted by atomic mass is 10.3. The van der Waals surface area contributed by atoms with Gasteiger partial charge < -0.3 is 10.2 Å². The predicted octanol–water partition coefficient (Wildman–Crippen LogP) is 3.06. The van der Waals surface area contributed by atoms with Gasteiger partial charge in [0.2, 0.25) is 10.0 Å². The number of carbonyl (C=O) groups excluding carboxylic acids is 1. The van der Waals surface area contributed by atoms with Crippen molar-refractivity contribution in [2.75, 3.05) is 38.5 Å². The fourth-order valence-electron chi connectivity index (χ4n) is 3.00. The van der Waals surface area contributed by atoms with Crippen LogP contribution in [-0.4, -0.2) is 61.7 Å². The van der Waals surface area contributed by atoms with Crippen LogP contribution in [0.3, 0.4) is 0 Å². The summed E-state index contributed by atoms with van der Waals surface area (Å²) >= 11 is 2.97. The lowest BCUT2D eigenvalue weighted by molar-refractivity contribution is 0.102. The normalized spacial score (nSPS) is 16.0. The summed E-state index contributed by atoms with van der Waals surface area (Å²) in [5.41, 5.74) is 0.738. The van der Waals surface area contributed by atoms with Gasteiger partial charge in [-0.25, -0.2) is 13.4 Å². The van der Waals surface area contributed by atoms with Crippen LogP contribution >= 0.6 is 22.7 Å². The van der Waals surface area contributed by atoms with E-state index < -0.39 is 10.0 Å². The van der Waals surface area contributed by atoms with Gasteiger partial charge in [0, 0.05) is 37.2 Å². The molecule has 0 spiro atoms. The van der Waals surface area contributed by atoms with Gasteiger partial charge in [0.1, 0.15) is 10.7 Å². The number of likely N-dealkylation sites (N-methyl/N-ethyl adjacent to an activating group) is 1. The van der Waals surface area contributed by atoms with Gasteiger partial charge in [-0.3, -0.25) is 4.79 Å². The second-order valence-electron chi connectivity index (χ2n) is 6.70. The first kappa shape index (κ1) is 20.2. The average molecular weight is 449 g/mol. The van der Waals surface area contributed by atoms with E-state index in [1.165, 1.54) is 21.7 Å². The lowest BCUT2D eigenvalue weighted by Crippen LogP contribution is -2.47. The first-order valence-electron chi connectivity index (χ1n) is 9.03. The molecule has 29 heavy (non-hydrogen) atoms. The summed E-state index contributed by atoms with van der Waals surface area (Å²) in [5.74, 6) is -0.363. The summed E-state index contributed by atoms with van der Waals surface area (Å²) < 4.78 is 27.3. The van der Waals surface area contributed by atoms with Crippen molar-refractivity contribution in [3.8, 4) is 9.88 Å². The molecule has 2 aromatic heterocycles. The van der Waals surface area contributed by atoms with E-state index >= 15 is 0 Å². The molecule has 4 rings (SSSR count). The number of aromatic nitrogens is 1. The Kier molecular flexibility index (Phi) is 5.79. The Hall–Kier alpha value is -2.11. The third kappa shape index (κ3) is 4.41. The Bertz CT molecular complexity index is 1100. The minimum atomic E-state index is -3.59. The quantitative estimate of drug-likeness (QED) is 0.649. The molecule has 0 bridgehead atoms. The number of rotatable bonds is 5. The Balaban J connectivity index is 1.49. The molecule has 0 radical (unpaired) electrons. The number of carbonyl (C=O) groups is 1. The number of benzene rings is 1. The Morgan fingerprint density at radius 3 is 2.62 bits per heavy atom. The molecule has 7 nitrogen and oxygen atoms in total. The highest BCUT2D eigenvalue weighted by Gasteiger charge is 2.27. The van der Waals surface area contributed by atoms with Crippen LogP contribution in [0.1, 0.15) is 10.5 Å². The molecule has 0 atom stereocenters. The highest BCUT2D eigenvalue weighted by atomic mass is 32.2. The monoisotopic (exact) mass is 448 g/mol. The lowest BCUT2D eigenvalue weighted by Gasteiger charge is -2.31. The third-order valence-electron chi connectivity index (χ3n) is 4.66. The van der Waals surface area contributed by atoms with Crippen LogP contribution < -0.4 is 5.32 Å². The maximum absolute atomic E-state index is 12.9. The summed E-state index contributed by atoms with van der Waals surface area (Å²) in [4.78, 5) is 20.2. The van der Waals surface area contributed by atoms with Gasteiger partial charge >= 0.3 is 0 Å². The molecule has 1 saturated heterocycles. The van der Waals surface area contributed by atoms with Crippen molar-refractivity contribution in [2.24, 2.45) is 0 Å². The number of hydrogen-bond donors (Lipinski definition) is 1. The van der Waals surface area contributed by atoms with Gasteiger partial charge in [0.05, 0.1) is 9.77 Å². The van der Waals surface area contributed by atoms with E-state index in [-0.39, 0.29) is 10.8 Å². The zero-order valence-electron chi connectivity index (χ0n) is 15.7. The molecule has 152 valence electrons. The largest absolute Gasteiger partial charge is 0.321 e. The van der Waals surface area contributed by atoms with Crippen molar-refractivity contribution in [2.45, 2.75) is 4.90 Å². The van der Waals surface area contributed by atoms with Crippen molar-refractivity contribution in [3.05, 3.63) is 52.9 Å². The number of nitrogens with zero attached hydrogens (tertiary/aromatic N) is 3. The van der Waals surface area contributed by atoms with Crippen molar-refractivity contribution >= 4 is 44.3 Å².